The molecule has 1 saturated heterocycles. The van der Waals surface area contributed by atoms with Gasteiger partial charge in [-0.1, -0.05) is 48.0 Å². The van der Waals surface area contributed by atoms with Crippen LogP contribution in [0.5, 0.6) is 0 Å². The lowest BCUT2D eigenvalue weighted by Gasteiger charge is -2.29. The minimum Gasteiger partial charge on any atom is -0.379 e. The molecule has 5 aromatic rings. The number of morpholine rings is 1. The van der Waals surface area contributed by atoms with Crippen molar-refractivity contribution in [1.29, 1.82) is 0 Å². The van der Waals surface area contributed by atoms with Crippen LogP contribution in [0.3, 0.4) is 0 Å². The van der Waals surface area contributed by atoms with Gasteiger partial charge in [-0.15, -0.1) is 11.3 Å². The zero-order valence-electron chi connectivity index (χ0n) is 21.9. The number of hydrogen-bond acceptors (Lipinski definition) is 7. The van der Waals surface area contributed by atoms with Crippen molar-refractivity contribution in [3.05, 3.63) is 83.6 Å². The average Bonchev–Trinajstić information content (AvgIpc) is 3.55. The minimum absolute atomic E-state index is 0.252. The first-order valence-corrected chi connectivity index (χ1v) is 15.5. The van der Waals surface area contributed by atoms with Crippen LogP contribution in [-0.2, 0) is 21.2 Å². The monoisotopic (exact) mass is 561 g/mol. The quantitative estimate of drug-likeness (QED) is 0.264. The fourth-order valence-corrected chi connectivity index (χ4v) is 7.47. The molecule has 0 aliphatic carbocycles. The van der Waals surface area contributed by atoms with Crippen LogP contribution >= 0.6 is 11.3 Å². The normalized spacial score (nSPS) is 15.0. The van der Waals surface area contributed by atoms with Crippen LogP contribution < -0.4 is 0 Å². The van der Waals surface area contributed by atoms with Gasteiger partial charge in [0.05, 0.1) is 24.4 Å². The Labute approximate surface area is 232 Å². The molecule has 0 bridgehead atoms. The maximum absolute atomic E-state index is 14.1. The van der Waals surface area contributed by atoms with E-state index < -0.39 is 10.0 Å². The molecule has 0 unspecified atom stereocenters. The van der Waals surface area contributed by atoms with Crippen molar-refractivity contribution in [2.24, 2.45) is 0 Å². The maximum atomic E-state index is 14.1. The first-order valence-electron chi connectivity index (χ1n) is 13.2. The number of fused-ring (bicyclic) bond motifs is 2. The van der Waals surface area contributed by atoms with Gasteiger partial charge in [-0.25, -0.2) is 13.4 Å². The fraction of sp³-hybridized carbons (Fsp3) is 0.310. The summed E-state index contributed by atoms with van der Waals surface area (Å²) in [6.45, 7) is 6.46. The van der Waals surface area contributed by atoms with Gasteiger partial charge in [0.15, 0.2) is 4.96 Å². The molecule has 202 valence electrons. The number of hydrogen-bond donors (Lipinski definition) is 0. The van der Waals surface area contributed by atoms with Gasteiger partial charge in [0.1, 0.15) is 4.90 Å². The van der Waals surface area contributed by atoms with Crippen LogP contribution in [0.2, 0.25) is 0 Å². The molecule has 8 nitrogen and oxygen atoms in total. The SMILES string of the molecule is Cc1ccc(-c2cn3c(CCN(CCN4CCOCC4)S(=O)(=O)c4cccc5cccnc45)csc3n2)cc1. The molecule has 1 fully saturated rings. The standard InChI is InChI=1S/C29H31N5O3S2/c1-22-7-9-23(10-8-22)26-20-34-25(21-38-29(34)31-26)11-13-33(15-14-32-16-18-37-19-17-32)39(35,36)27-6-2-4-24-5-3-12-30-28(24)27/h2-10,12,20-21H,11,13-19H2,1H3. The maximum Gasteiger partial charge on any atom is 0.245 e. The Morgan fingerprint density at radius 1 is 1.03 bits per heavy atom. The lowest BCUT2D eigenvalue weighted by Crippen LogP contribution is -2.43. The number of benzene rings is 2. The van der Waals surface area contributed by atoms with Gasteiger partial charge >= 0.3 is 0 Å². The third kappa shape index (κ3) is 5.48. The Bertz CT molecular complexity index is 1680. The molecule has 0 radical (unpaired) electrons. The van der Waals surface area contributed by atoms with E-state index in [1.165, 1.54) is 5.56 Å². The molecule has 2 aromatic carbocycles. The van der Waals surface area contributed by atoms with Gasteiger partial charge in [-0.3, -0.25) is 14.3 Å². The largest absolute Gasteiger partial charge is 0.379 e. The van der Waals surface area contributed by atoms with Crippen molar-refractivity contribution in [3.8, 4) is 11.3 Å². The predicted octanol–water partition coefficient (Wildman–Crippen LogP) is 4.49. The number of sulfonamides is 1. The number of pyridine rings is 1. The molecule has 39 heavy (non-hydrogen) atoms. The molecular formula is C29H31N5O3S2. The molecule has 6 rings (SSSR count). The average molecular weight is 562 g/mol. The highest BCUT2D eigenvalue weighted by Gasteiger charge is 2.28. The van der Waals surface area contributed by atoms with Crippen molar-refractivity contribution < 1.29 is 13.2 Å². The summed E-state index contributed by atoms with van der Waals surface area (Å²) in [6.07, 6.45) is 4.27. The highest BCUT2D eigenvalue weighted by Crippen LogP contribution is 2.27. The van der Waals surface area contributed by atoms with Crippen LogP contribution in [0.25, 0.3) is 27.1 Å². The molecule has 4 heterocycles. The van der Waals surface area contributed by atoms with Crippen LogP contribution in [0.4, 0.5) is 0 Å². The zero-order chi connectivity index (χ0) is 26.8. The molecule has 0 spiro atoms. The van der Waals surface area contributed by atoms with Crippen molar-refractivity contribution in [3.63, 3.8) is 0 Å². The van der Waals surface area contributed by atoms with E-state index in [1.54, 1.807) is 34.0 Å². The van der Waals surface area contributed by atoms with E-state index in [0.29, 0.717) is 44.8 Å². The summed E-state index contributed by atoms with van der Waals surface area (Å²) >= 11 is 1.58. The highest BCUT2D eigenvalue weighted by molar-refractivity contribution is 7.89. The topological polar surface area (TPSA) is 80.0 Å². The zero-order valence-corrected chi connectivity index (χ0v) is 23.5. The van der Waals surface area contributed by atoms with E-state index in [2.05, 4.69) is 50.9 Å². The third-order valence-electron chi connectivity index (χ3n) is 7.23. The summed E-state index contributed by atoms with van der Waals surface area (Å²) in [5, 5.41) is 2.89. The molecule has 1 aliphatic heterocycles. The van der Waals surface area contributed by atoms with Gasteiger partial charge in [-0.05, 0) is 19.1 Å². The van der Waals surface area contributed by atoms with Crippen LogP contribution in [0.1, 0.15) is 11.3 Å². The lowest BCUT2D eigenvalue weighted by molar-refractivity contribution is 0.0363. The Morgan fingerprint density at radius 3 is 2.64 bits per heavy atom. The van der Waals surface area contributed by atoms with E-state index >= 15 is 0 Å². The van der Waals surface area contributed by atoms with Crippen molar-refractivity contribution >= 4 is 37.2 Å². The van der Waals surface area contributed by atoms with Gasteiger partial charge in [0.25, 0.3) is 0 Å². The van der Waals surface area contributed by atoms with E-state index in [9.17, 15) is 8.42 Å². The number of ether oxygens (including phenoxy) is 1. The Morgan fingerprint density at radius 2 is 1.82 bits per heavy atom. The number of aromatic nitrogens is 3. The van der Waals surface area contributed by atoms with Gasteiger partial charge in [-0.2, -0.15) is 4.31 Å². The molecule has 1 aliphatic rings. The first kappa shape index (κ1) is 26.1. The number of para-hydroxylation sites is 1. The number of nitrogens with zero attached hydrogens (tertiary/aromatic N) is 5. The number of imidazole rings is 1. The summed E-state index contributed by atoms with van der Waals surface area (Å²) < 4.78 is 37.4. The first-order chi connectivity index (χ1) is 19.0. The van der Waals surface area contributed by atoms with Crippen LogP contribution in [-0.4, -0.2) is 77.9 Å². The third-order valence-corrected chi connectivity index (χ3v) is 10.0. The van der Waals surface area contributed by atoms with Crippen molar-refractivity contribution in [2.75, 3.05) is 45.9 Å². The van der Waals surface area contributed by atoms with Crippen LogP contribution in [0, 0.1) is 6.92 Å². The number of rotatable bonds is 9. The smallest absolute Gasteiger partial charge is 0.245 e. The summed E-state index contributed by atoms with van der Waals surface area (Å²) in [6, 6.07) is 17.4. The summed E-state index contributed by atoms with van der Waals surface area (Å²) in [5.74, 6) is 0. The molecule has 3 aromatic heterocycles. The summed E-state index contributed by atoms with van der Waals surface area (Å²) in [5.41, 5.74) is 4.75. The van der Waals surface area contributed by atoms with E-state index in [4.69, 9.17) is 9.72 Å². The van der Waals surface area contributed by atoms with Crippen molar-refractivity contribution in [1.82, 2.24) is 23.6 Å². The molecule has 0 N–H and O–H groups in total. The summed E-state index contributed by atoms with van der Waals surface area (Å²) in [7, 11) is -3.79. The molecule has 10 heteroatoms. The molecule has 0 atom stereocenters. The number of aryl methyl sites for hydroxylation is 1. The second-order valence-electron chi connectivity index (χ2n) is 9.81. The van der Waals surface area contributed by atoms with Gasteiger partial charge in [0, 0.05) is 73.6 Å². The Kier molecular flexibility index (Phi) is 7.46. The Hall–Kier alpha value is -3.15. The van der Waals surface area contributed by atoms with E-state index in [1.807, 2.05) is 24.4 Å². The molecular weight excluding hydrogens is 530 g/mol. The second kappa shape index (κ2) is 11.1. The van der Waals surface area contributed by atoms with Gasteiger partial charge in [0.2, 0.25) is 10.0 Å². The van der Waals surface area contributed by atoms with E-state index in [0.717, 1.165) is 40.4 Å². The van der Waals surface area contributed by atoms with Crippen molar-refractivity contribution in [2.45, 2.75) is 18.2 Å². The van der Waals surface area contributed by atoms with E-state index in [-0.39, 0.29) is 4.90 Å². The molecule has 0 saturated carbocycles. The number of thiazole rings is 1. The lowest BCUT2D eigenvalue weighted by atomic mass is 10.1. The Balaban J connectivity index is 1.28. The molecule has 0 amide bonds. The fourth-order valence-electron chi connectivity index (χ4n) is 4.97. The van der Waals surface area contributed by atoms with Crippen LogP contribution in [0.15, 0.2) is 77.3 Å². The second-order valence-corrected chi connectivity index (χ2v) is 12.6. The highest BCUT2D eigenvalue weighted by atomic mass is 32.2. The van der Waals surface area contributed by atoms with Gasteiger partial charge < -0.3 is 4.74 Å². The summed E-state index contributed by atoms with van der Waals surface area (Å²) in [4.78, 5) is 12.7. The predicted molar refractivity (Wildman–Crippen MR) is 155 cm³/mol. The minimum atomic E-state index is -3.79.